The van der Waals surface area contributed by atoms with E-state index in [2.05, 4.69) is 24.9 Å². The van der Waals surface area contributed by atoms with Crippen LogP contribution in [-0.4, -0.2) is 40.9 Å². The molecule has 1 heterocycles. The Kier molecular flexibility index (Phi) is 2.76. The molecule has 3 nitrogen and oxygen atoms in total. The second-order valence-corrected chi connectivity index (χ2v) is 7.30. The van der Waals surface area contributed by atoms with Gasteiger partial charge in [0.25, 0.3) is 0 Å². The van der Waals surface area contributed by atoms with E-state index in [9.17, 15) is 10.2 Å². The molecule has 1 saturated heterocycles. The van der Waals surface area contributed by atoms with E-state index in [0.717, 1.165) is 25.8 Å². The molecule has 1 aliphatic heterocycles. The molecular formula is C18H23NO2. The van der Waals surface area contributed by atoms with E-state index < -0.39 is 0 Å². The number of fused-ring (bicyclic) bond motifs is 3. The summed E-state index contributed by atoms with van der Waals surface area (Å²) in [6, 6.07) is 6.19. The number of benzene rings is 1. The molecule has 1 spiro atoms. The maximum Gasteiger partial charge on any atom is 0.115 e. The lowest BCUT2D eigenvalue weighted by Crippen LogP contribution is -2.53. The topological polar surface area (TPSA) is 43.7 Å². The third kappa shape index (κ3) is 1.87. The van der Waals surface area contributed by atoms with Gasteiger partial charge in [0.2, 0.25) is 0 Å². The number of hydrogen-bond donors (Lipinski definition) is 2. The zero-order chi connectivity index (χ0) is 14.8. The van der Waals surface area contributed by atoms with Crippen LogP contribution >= 0.6 is 0 Å². The summed E-state index contributed by atoms with van der Waals surface area (Å²) in [6.07, 6.45) is 4.83. The van der Waals surface area contributed by atoms with Gasteiger partial charge in [0.05, 0.1) is 6.10 Å². The van der Waals surface area contributed by atoms with Gasteiger partial charge in [-0.1, -0.05) is 17.7 Å². The SMILES string of the molecule is C[C@@H]1CC2=C[C@@H](O)[C@@H]3C[C@]2(Cc2cc(O)ccc23)CN1C. The van der Waals surface area contributed by atoms with Crippen LogP contribution in [0.4, 0.5) is 0 Å². The van der Waals surface area contributed by atoms with Crippen molar-refractivity contribution in [1.82, 2.24) is 4.90 Å². The minimum atomic E-state index is -0.382. The molecule has 1 aromatic carbocycles. The summed E-state index contributed by atoms with van der Waals surface area (Å²) in [4.78, 5) is 2.44. The Bertz CT molecular complexity index is 624. The van der Waals surface area contributed by atoms with Crippen LogP contribution in [0.2, 0.25) is 0 Å². The summed E-state index contributed by atoms with van der Waals surface area (Å²) in [5.41, 5.74) is 4.04. The lowest BCUT2D eigenvalue weighted by molar-refractivity contribution is 0.0593. The Morgan fingerprint density at radius 3 is 2.95 bits per heavy atom. The standard InChI is InChI=1S/C18H23NO2/c1-11-5-13-7-17(21)16-9-18(13,10-19(11)2)8-12-6-14(20)3-4-15(12)16/h3-4,6-7,11,16-17,20-21H,5,8-10H2,1-2H3/t11-,16-,17-,18-/m1/s1. The highest BCUT2D eigenvalue weighted by atomic mass is 16.3. The summed E-state index contributed by atoms with van der Waals surface area (Å²) in [5.74, 6) is 0.516. The van der Waals surface area contributed by atoms with Crippen molar-refractivity contribution < 1.29 is 10.2 Å². The number of aliphatic hydroxyl groups excluding tert-OH is 1. The summed E-state index contributed by atoms with van der Waals surface area (Å²) >= 11 is 0. The predicted octanol–water partition coefficient (Wildman–Crippen LogP) is 2.43. The first kappa shape index (κ1) is 13.4. The quantitative estimate of drug-likeness (QED) is 0.720. The number of piperidine rings is 1. The molecule has 0 aromatic heterocycles. The van der Waals surface area contributed by atoms with Gasteiger partial charge in [-0.2, -0.15) is 0 Å². The lowest BCUT2D eigenvalue weighted by Gasteiger charge is -2.54. The van der Waals surface area contributed by atoms with Crippen molar-refractivity contribution in [2.24, 2.45) is 5.41 Å². The number of phenolic OH excluding ortho intramolecular Hbond substituents is 1. The first-order chi connectivity index (χ1) is 9.98. The molecular weight excluding hydrogens is 262 g/mol. The second-order valence-electron chi connectivity index (χ2n) is 7.30. The molecule has 0 unspecified atom stereocenters. The van der Waals surface area contributed by atoms with Gasteiger partial charge < -0.3 is 15.1 Å². The monoisotopic (exact) mass is 285 g/mol. The van der Waals surface area contributed by atoms with Gasteiger partial charge in [-0.05, 0) is 56.5 Å². The average molecular weight is 285 g/mol. The summed E-state index contributed by atoms with van der Waals surface area (Å²) < 4.78 is 0. The Hall–Kier alpha value is -1.32. The largest absolute Gasteiger partial charge is 0.508 e. The van der Waals surface area contributed by atoms with Crippen LogP contribution < -0.4 is 0 Å². The molecule has 0 saturated carbocycles. The fraction of sp³-hybridized carbons (Fsp3) is 0.556. The first-order valence-corrected chi connectivity index (χ1v) is 7.90. The third-order valence-electron chi connectivity index (χ3n) is 5.95. The smallest absolute Gasteiger partial charge is 0.115 e. The normalized spacial score (nSPS) is 38.4. The molecule has 2 bridgehead atoms. The summed E-state index contributed by atoms with van der Waals surface area (Å²) in [5, 5.41) is 20.4. The van der Waals surface area contributed by atoms with Gasteiger partial charge in [0, 0.05) is 23.9 Å². The van der Waals surface area contributed by atoms with Crippen LogP contribution in [0, 0.1) is 5.41 Å². The molecule has 2 N–H and O–H groups in total. The van der Waals surface area contributed by atoms with Crippen LogP contribution in [0.15, 0.2) is 29.8 Å². The van der Waals surface area contributed by atoms with E-state index in [1.54, 1.807) is 6.07 Å². The highest BCUT2D eigenvalue weighted by Gasteiger charge is 2.49. The Labute approximate surface area is 125 Å². The molecule has 2 aliphatic carbocycles. The van der Waals surface area contributed by atoms with Crippen molar-refractivity contribution in [2.75, 3.05) is 13.6 Å². The van der Waals surface area contributed by atoms with E-state index >= 15 is 0 Å². The number of likely N-dealkylation sites (tertiary alicyclic amines) is 1. The highest BCUT2D eigenvalue weighted by Crippen LogP contribution is 2.55. The van der Waals surface area contributed by atoms with Crippen LogP contribution in [0.25, 0.3) is 0 Å². The van der Waals surface area contributed by atoms with Gasteiger partial charge in [-0.25, -0.2) is 0 Å². The fourth-order valence-electron chi connectivity index (χ4n) is 4.74. The van der Waals surface area contributed by atoms with Gasteiger partial charge >= 0.3 is 0 Å². The van der Waals surface area contributed by atoms with Crippen LogP contribution in [0.3, 0.4) is 0 Å². The Balaban J connectivity index is 1.84. The maximum atomic E-state index is 10.6. The van der Waals surface area contributed by atoms with E-state index in [4.69, 9.17) is 0 Å². The molecule has 0 amide bonds. The number of hydrogen-bond acceptors (Lipinski definition) is 3. The summed E-state index contributed by atoms with van der Waals surface area (Å²) in [7, 11) is 2.20. The van der Waals surface area contributed by atoms with Crippen molar-refractivity contribution in [3.63, 3.8) is 0 Å². The average Bonchev–Trinajstić information content (AvgIpc) is 2.42. The van der Waals surface area contributed by atoms with E-state index in [1.807, 2.05) is 12.1 Å². The fourth-order valence-corrected chi connectivity index (χ4v) is 4.74. The highest BCUT2D eigenvalue weighted by molar-refractivity contribution is 5.46. The van der Waals surface area contributed by atoms with Crippen LogP contribution in [0.1, 0.15) is 36.8 Å². The minimum absolute atomic E-state index is 0.159. The number of nitrogens with zero attached hydrogens (tertiary/aromatic N) is 1. The number of phenols is 1. The first-order valence-electron chi connectivity index (χ1n) is 7.90. The van der Waals surface area contributed by atoms with Crippen molar-refractivity contribution in [1.29, 1.82) is 0 Å². The molecule has 4 atom stereocenters. The number of aliphatic hydroxyl groups is 1. The van der Waals surface area contributed by atoms with Gasteiger partial charge in [0.1, 0.15) is 5.75 Å². The Morgan fingerprint density at radius 2 is 2.14 bits per heavy atom. The predicted molar refractivity (Wildman–Crippen MR) is 82.4 cm³/mol. The third-order valence-corrected chi connectivity index (χ3v) is 5.95. The van der Waals surface area contributed by atoms with Crippen LogP contribution in [-0.2, 0) is 6.42 Å². The van der Waals surface area contributed by atoms with Crippen LogP contribution in [0.5, 0.6) is 5.75 Å². The van der Waals surface area contributed by atoms with Gasteiger partial charge in [0.15, 0.2) is 0 Å². The molecule has 4 rings (SSSR count). The zero-order valence-electron chi connectivity index (χ0n) is 12.7. The molecule has 3 aliphatic rings. The molecule has 21 heavy (non-hydrogen) atoms. The van der Waals surface area contributed by atoms with Crippen molar-refractivity contribution >= 4 is 0 Å². The zero-order valence-corrected chi connectivity index (χ0v) is 12.7. The van der Waals surface area contributed by atoms with Gasteiger partial charge in [-0.3, -0.25) is 0 Å². The second kappa shape index (κ2) is 4.34. The molecule has 1 fully saturated rings. The molecule has 112 valence electrons. The molecule has 0 radical (unpaired) electrons. The molecule has 1 aromatic rings. The van der Waals surface area contributed by atoms with Crippen molar-refractivity contribution in [2.45, 2.75) is 44.2 Å². The van der Waals surface area contributed by atoms with Crippen molar-refractivity contribution in [3.05, 3.63) is 41.0 Å². The Morgan fingerprint density at radius 1 is 1.33 bits per heavy atom. The van der Waals surface area contributed by atoms with E-state index in [-0.39, 0.29) is 17.4 Å². The van der Waals surface area contributed by atoms with Crippen molar-refractivity contribution in [3.8, 4) is 5.75 Å². The minimum Gasteiger partial charge on any atom is -0.508 e. The lowest BCUT2D eigenvalue weighted by atomic mass is 9.56. The number of rotatable bonds is 0. The van der Waals surface area contributed by atoms with E-state index in [1.165, 1.54) is 16.7 Å². The maximum absolute atomic E-state index is 10.6. The molecule has 3 heteroatoms. The number of aromatic hydroxyl groups is 1. The van der Waals surface area contributed by atoms with E-state index in [0.29, 0.717) is 11.8 Å². The van der Waals surface area contributed by atoms with Gasteiger partial charge in [-0.15, -0.1) is 0 Å². The summed E-state index contributed by atoms with van der Waals surface area (Å²) in [6.45, 7) is 3.31.